The molecule has 0 fully saturated rings. The zero-order valence-electron chi connectivity index (χ0n) is 9.52. The summed E-state index contributed by atoms with van der Waals surface area (Å²) < 4.78 is 0. The SMILES string of the molecule is NC(=O)N(N)Oc1cccc(ON(N)C(N)=O)c1O. The predicted molar refractivity (Wildman–Crippen MR) is 60.6 cm³/mol. The highest BCUT2D eigenvalue weighted by Gasteiger charge is 2.17. The Morgan fingerprint density at radius 3 is 1.68 bits per heavy atom. The second-order valence-electron chi connectivity index (χ2n) is 3.11. The molecule has 19 heavy (non-hydrogen) atoms. The topological polar surface area (TPSA) is 183 Å². The molecule has 1 aromatic rings. The Balaban J connectivity index is 2.92. The number of phenols is 1. The van der Waals surface area contributed by atoms with Gasteiger partial charge >= 0.3 is 12.1 Å². The van der Waals surface area contributed by atoms with Crippen LogP contribution in [0, 0.1) is 0 Å². The zero-order chi connectivity index (χ0) is 14.6. The summed E-state index contributed by atoms with van der Waals surface area (Å²) in [7, 11) is 0. The number of hydrogen-bond acceptors (Lipinski definition) is 7. The maximum atomic E-state index is 10.7. The first-order chi connectivity index (χ1) is 8.82. The van der Waals surface area contributed by atoms with Crippen LogP contribution >= 0.6 is 0 Å². The minimum atomic E-state index is -1.09. The quantitative estimate of drug-likeness (QED) is 0.250. The van der Waals surface area contributed by atoms with Crippen molar-refractivity contribution in [1.82, 2.24) is 10.3 Å². The van der Waals surface area contributed by atoms with Crippen molar-refractivity contribution in [2.75, 3.05) is 0 Å². The molecular formula is C8H12N6O5. The van der Waals surface area contributed by atoms with E-state index < -0.39 is 17.8 Å². The molecule has 0 saturated heterocycles. The van der Waals surface area contributed by atoms with E-state index in [1.54, 1.807) is 0 Å². The molecule has 0 bridgehead atoms. The molecule has 11 nitrogen and oxygen atoms in total. The summed E-state index contributed by atoms with van der Waals surface area (Å²) in [6.45, 7) is 0. The number of nitrogens with two attached hydrogens (primary N) is 4. The molecule has 0 unspecified atom stereocenters. The fraction of sp³-hybridized carbons (Fsp3) is 0. The maximum Gasteiger partial charge on any atom is 0.363 e. The van der Waals surface area contributed by atoms with Crippen LogP contribution < -0.4 is 32.8 Å². The number of hydrogen-bond donors (Lipinski definition) is 5. The van der Waals surface area contributed by atoms with Crippen LogP contribution in [0.2, 0.25) is 0 Å². The van der Waals surface area contributed by atoms with Crippen molar-refractivity contribution >= 4 is 12.1 Å². The van der Waals surface area contributed by atoms with E-state index in [1.165, 1.54) is 18.2 Å². The summed E-state index contributed by atoms with van der Waals surface area (Å²) in [6.07, 6.45) is 0. The van der Waals surface area contributed by atoms with Gasteiger partial charge in [0, 0.05) is 0 Å². The first kappa shape index (κ1) is 14.1. The molecule has 4 amide bonds. The molecule has 11 heteroatoms. The Bertz CT molecular complexity index is 454. The van der Waals surface area contributed by atoms with Gasteiger partial charge in [-0.3, -0.25) is 0 Å². The van der Waals surface area contributed by atoms with E-state index in [4.69, 9.17) is 32.8 Å². The van der Waals surface area contributed by atoms with Gasteiger partial charge in [0.05, 0.1) is 0 Å². The summed E-state index contributed by atoms with van der Waals surface area (Å²) in [5.74, 6) is 9.11. The average molecular weight is 272 g/mol. The first-order valence-corrected chi connectivity index (χ1v) is 4.69. The summed E-state index contributed by atoms with van der Waals surface area (Å²) in [5.41, 5.74) is 9.65. The number of hydrazine groups is 2. The van der Waals surface area contributed by atoms with Crippen molar-refractivity contribution < 1.29 is 24.4 Å². The van der Waals surface area contributed by atoms with Gasteiger partial charge in [-0.05, 0) is 12.1 Å². The number of urea groups is 2. The molecule has 0 aliphatic rings. The van der Waals surface area contributed by atoms with E-state index in [2.05, 4.69) is 0 Å². The molecule has 9 N–H and O–H groups in total. The molecule has 0 saturated carbocycles. The molecule has 1 aromatic carbocycles. The lowest BCUT2D eigenvalue weighted by atomic mass is 10.3. The molecule has 0 aliphatic carbocycles. The van der Waals surface area contributed by atoms with Crippen LogP contribution in [0.4, 0.5) is 9.59 Å². The van der Waals surface area contributed by atoms with Crippen LogP contribution in [-0.4, -0.2) is 27.5 Å². The van der Waals surface area contributed by atoms with Crippen LogP contribution in [-0.2, 0) is 0 Å². The highest BCUT2D eigenvalue weighted by molar-refractivity contribution is 5.71. The van der Waals surface area contributed by atoms with Crippen LogP contribution in [0.3, 0.4) is 0 Å². The zero-order valence-corrected chi connectivity index (χ0v) is 9.52. The molecule has 0 radical (unpaired) electrons. The smallest absolute Gasteiger partial charge is 0.363 e. The van der Waals surface area contributed by atoms with E-state index in [1.807, 2.05) is 0 Å². The Morgan fingerprint density at radius 2 is 1.37 bits per heavy atom. The Morgan fingerprint density at radius 1 is 1.00 bits per heavy atom. The second kappa shape index (κ2) is 5.61. The van der Waals surface area contributed by atoms with Gasteiger partial charge in [-0.1, -0.05) is 16.4 Å². The van der Waals surface area contributed by atoms with Gasteiger partial charge in [-0.15, -0.1) is 0 Å². The largest absolute Gasteiger partial charge is 0.502 e. The summed E-state index contributed by atoms with van der Waals surface area (Å²) in [5, 5.41) is 10.1. The lowest BCUT2D eigenvalue weighted by molar-refractivity contribution is -0.0214. The third-order valence-corrected chi connectivity index (χ3v) is 1.79. The van der Waals surface area contributed by atoms with Crippen molar-refractivity contribution in [3.8, 4) is 17.2 Å². The first-order valence-electron chi connectivity index (χ1n) is 4.69. The average Bonchev–Trinajstić information content (AvgIpc) is 2.33. The van der Waals surface area contributed by atoms with Crippen molar-refractivity contribution in [1.29, 1.82) is 0 Å². The van der Waals surface area contributed by atoms with Gasteiger partial charge < -0.3 is 26.2 Å². The van der Waals surface area contributed by atoms with Gasteiger partial charge in [0.2, 0.25) is 17.2 Å². The molecule has 0 aliphatic heterocycles. The maximum absolute atomic E-state index is 10.7. The number of benzene rings is 1. The van der Waals surface area contributed by atoms with E-state index in [0.29, 0.717) is 0 Å². The normalized spacial score (nSPS) is 9.58. The van der Waals surface area contributed by atoms with E-state index >= 15 is 0 Å². The lowest BCUT2D eigenvalue weighted by Gasteiger charge is -2.18. The summed E-state index contributed by atoms with van der Waals surface area (Å²) >= 11 is 0. The number of para-hydroxylation sites is 1. The number of hydroxylamine groups is 2. The highest BCUT2D eigenvalue weighted by Crippen LogP contribution is 2.35. The minimum Gasteiger partial charge on any atom is -0.502 e. The van der Waals surface area contributed by atoms with E-state index in [9.17, 15) is 14.7 Å². The number of aromatic hydroxyl groups is 1. The lowest BCUT2D eigenvalue weighted by Crippen LogP contribution is -2.44. The van der Waals surface area contributed by atoms with Crippen LogP contribution in [0.1, 0.15) is 0 Å². The third-order valence-electron chi connectivity index (χ3n) is 1.79. The van der Waals surface area contributed by atoms with Gasteiger partial charge in [0.1, 0.15) is 0 Å². The molecule has 0 aromatic heterocycles. The number of carbonyl (C=O) groups excluding carboxylic acids is 2. The van der Waals surface area contributed by atoms with Gasteiger partial charge in [-0.25, -0.2) is 21.3 Å². The van der Waals surface area contributed by atoms with Gasteiger partial charge in [-0.2, -0.15) is 0 Å². The van der Waals surface area contributed by atoms with Crippen LogP contribution in [0.25, 0.3) is 0 Å². The number of amides is 4. The number of nitrogens with zero attached hydrogens (tertiary/aromatic N) is 2. The van der Waals surface area contributed by atoms with Gasteiger partial charge in [0.25, 0.3) is 0 Å². The number of phenolic OH excluding ortho intramolecular Hbond substituents is 1. The second-order valence-corrected chi connectivity index (χ2v) is 3.11. The summed E-state index contributed by atoms with van der Waals surface area (Å²) in [6, 6.07) is 1.70. The molecule has 0 atom stereocenters. The summed E-state index contributed by atoms with van der Waals surface area (Å²) in [4.78, 5) is 30.8. The van der Waals surface area contributed by atoms with Crippen molar-refractivity contribution in [3.05, 3.63) is 18.2 Å². The number of primary amides is 2. The number of rotatable bonds is 4. The van der Waals surface area contributed by atoms with Crippen molar-refractivity contribution in [2.45, 2.75) is 0 Å². The molecule has 0 spiro atoms. The van der Waals surface area contributed by atoms with Gasteiger partial charge in [0.15, 0.2) is 0 Å². The molecule has 0 heterocycles. The predicted octanol–water partition coefficient (Wildman–Crippen LogP) is -1.51. The van der Waals surface area contributed by atoms with Crippen molar-refractivity contribution in [3.63, 3.8) is 0 Å². The minimum absolute atomic E-state index is 0.188. The van der Waals surface area contributed by atoms with Crippen LogP contribution in [0.5, 0.6) is 17.2 Å². The Labute approximate surface area is 106 Å². The monoisotopic (exact) mass is 272 g/mol. The third kappa shape index (κ3) is 3.52. The van der Waals surface area contributed by atoms with Crippen molar-refractivity contribution in [2.24, 2.45) is 23.2 Å². The fourth-order valence-electron chi connectivity index (χ4n) is 0.951. The highest BCUT2D eigenvalue weighted by atomic mass is 16.7. The van der Waals surface area contributed by atoms with Crippen LogP contribution in [0.15, 0.2) is 18.2 Å². The van der Waals surface area contributed by atoms with E-state index in [0.717, 1.165) is 0 Å². The standard InChI is InChI=1S/C8H12N6O5/c9-7(16)13(11)18-4-2-1-3-5(6(4)15)19-14(12)8(10)17/h1-3,15H,11-12H2,(H2,9,16)(H2,10,17). The Kier molecular flexibility index (Phi) is 4.18. The molecular weight excluding hydrogens is 260 g/mol. The fourth-order valence-corrected chi connectivity index (χ4v) is 0.951. The Hall–Kier alpha value is -2.92. The molecule has 104 valence electrons. The number of carbonyl (C=O) groups is 2. The van der Waals surface area contributed by atoms with E-state index in [-0.39, 0.29) is 21.8 Å². The molecule has 1 rings (SSSR count).